The Morgan fingerprint density at radius 2 is 1.95 bits per heavy atom. The number of benzene rings is 1. The van der Waals surface area contributed by atoms with E-state index in [4.69, 9.17) is 4.74 Å². The second-order valence-corrected chi connectivity index (χ2v) is 5.72. The van der Waals surface area contributed by atoms with Crippen molar-refractivity contribution in [3.63, 3.8) is 0 Å². The first-order valence-electron chi connectivity index (χ1n) is 6.58. The number of rotatable bonds is 3. The molecular weight excluding hydrogens is 306 g/mol. The molecule has 0 spiro atoms. The van der Waals surface area contributed by atoms with E-state index >= 15 is 0 Å². The molecule has 0 aromatic heterocycles. The summed E-state index contributed by atoms with van der Waals surface area (Å²) in [5.74, 6) is 0. The number of hydrogen-bond donors (Lipinski definition) is 1. The van der Waals surface area contributed by atoms with E-state index in [9.17, 15) is 4.79 Å². The van der Waals surface area contributed by atoms with Crippen LogP contribution >= 0.6 is 15.9 Å². The molecular formula is C15H24BrNO2. The summed E-state index contributed by atoms with van der Waals surface area (Å²) in [6.45, 7) is 10.1. The summed E-state index contributed by atoms with van der Waals surface area (Å²) in [6.07, 6.45) is 0.422. The van der Waals surface area contributed by atoms with E-state index in [0.717, 1.165) is 10.9 Å². The van der Waals surface area contributed by atoms with Gasteiger partial charge in [-0.1, -0.05) is 41.9 Å². The van der Waals surface area contributed by atoms with Crippen LogP contribution in [0, 0.1) is 0 Å². The van der Waals surface area contributed by atoms with Crippen molar-refractivity contribution in [2.45, 2.75) is 46.6 Å². The summed E-state index contributed by atoms with van der Waals surface area (Å²) < 4.78 is 6.19. The van der Waals surface area contributed by atoms with Crippen LogP contribution in [0.4, 0.5) is 4.79 Å². The molecule has 1 rings (SSSR count). The van der Waals surface area contributed by atoms with Crippen LogP contribution in [0.25, 0.3) is 0 Å². The molecule has 0 unspecified atom stereocenters. The first-order valence-corrected chi connectivity index (χ1v) is 7.37. The van der Waals surface area contributed by atoms with Crippen molar-refractivity contribution in [3.8, 4) is 0 Å². The van der Waals surface area contributed by atoms with Crippen LogP contribution < -0.4 is 5.32 Å². The van der Waals surface area contributed by atoms with Gasteiger partial charge in [0, 0.05) is 11.0 Å². The summed E-state index contributed by atoms with van der Waals surface area (Å²) in [7, 11) is 0. The van der Waals surface area contributed by atoms with Crippen LogP contribution in [0.1, 0.15) is 40.2 Å². The second kappa shape index (κ2) is 8.97. The molecule has 1 aromatic rings. The molecule has 3 nitrogen and oxygen atoms in total. The summed E-state index contributed by atoms with van der Waals surface area (Å²) in [4.78, 5) is 11.4. The highest BCUT2D eigenvalue weighted by Gasteiger charge is 2.15. The number of nitrogens with one attached hydrogen (secondary N) is 1. The Bertz CT molecular complexity index is 386. The van der Waals surface area contributed by atoms with Gasteiger partial charge < -0.3 is 10.1 Å². The molecule has 0 aliphatic rings. The highest BCUT2D eigenvalue weighted by molar-refractivity contribution is 9.10. The third-order valence-electron chi connectivity index (χ3n) is 1.97. The maximum atomic E-state index is 11.4. The topological polar surface area (TPSA) is 38.3 Å². The molecule has 4 heteroatoms. The fourth-order valence-electron chi connectivity index (χ4n) is 1.32. The molecule has 108 valence electrons. The van der Waals surface area contributed by atoms with Gasteiger partial charge in [-0.2, -0.15) is 0 Å². The minimum Gasteiger partial charge on any atom is -0.444 e. The van der Waals surface area contributed by atoms with Crippen LogP contribution in [0.2, 0.25) is 0 Å². The highest BCUT2D eigenvalue weighted by Crippen LogP contribution is 2.11. The van der Waals surface area contributed by atoms with Crippen molar-refractivity contribution in [1.29, 1.82) is 0 Å². The van der Waals surface area contributed by atoms with E-state index in [2.05, 4.69) is 21.2 Å². The zero-order valence-corrected chi connectivity index (χ0v) is 14.0. The second-order valence-electron chi connectivity index (χ2n) is 4.81. The minimum absolute atomic E-state index is 0.368. The molecule has 1 aromatic carbocycles. The van der Waals surface area contributed by atoms with Crippen LogP contribution in [-0.4, -0.2) is 18.2 Å². The van der Waals surface area contributed by atoms with E-state index in [0.29, 0.717) is 6.54 Å². The van der Waals surface area contributed by atoms with Crippen LogP contribution in [0.15, 0.2) is 28.7 Å². The van der Waals surface area contributed by atoms with Crippen molar-refractivity contribution in [3.05, 3.63) is 34.3 Å². The van der Waals surface area contributed by atoms with Crippen molar-refractivity contribution in [2.75, 3.05) is 6.54 Å². The Morgan fingerprint density at radius 1 is 1.32 bits per heavy atom. The third-order valence-corrected chi connectivity index (χ3v) is 2.46. The molecule has 19 heavy (non-hydrogen) atoms. The monoisotopic (exact) mass is 329 g/mol. The summed E-state index contributed by atoms with van der Waals surface area (Å²) in [5.41, 5.74) is 0.732. The SMILES string of the molecule is CC.CC(C)(C)OC(=O)NCCc1cccc(Br)c1. The Hall–Kier alpha value is -1.03. The Kier molecular flexibility index (Phi) is 8.48. The molecule has 0 bridgehead atoms. The van der Waals surface area contributed by atoms with Crippen LogP contribution in [0.5, 0.6) is 0 Å². The van der Waals surface area contributed by atoms with Gasteiger partial charge in [0.2, 0.25) is 0 Å². The quantitative estimate of drug-likeness (QED) is 0.883. The molecule has 0 aliphatic carbocycles. The molecule has 0 fully saturated rings. The Morgan fingerprint density at radius 3 is 2.47 bits per heavy atom. The third kappa shape index (κ3) is 9.54. The lowest BCUT2D eigenvalue weighted by Crippen LogP contribution is -2.33. The van der Waals surface area contributed by atoms with Crippen LogP contribution in [0.3, 0.4) is 0 Å². The van der Waals surface area contributed by atoms with Gasteiger partial charge in [-0.15, -0.1) is 0 Å². The van der Waals surface area contributed by atoms with E-state index < -0.39 is 5.60 Å². The van der Waals surface area contributed by atoms with Gasteiger partial charge in [0.05, 0.1) is 0 Å². The first-order chi connectivity index (χ1) is 8.87. The molecule has 0 radical (unpaired) electrons. The lowest BCUT2D eigenvalue weighted by atomic mass is 10.1. The predicted molar refractivity (Wildman–Crippen MR) is 83.4 cm³/mol. The number of carbonyl (C=O) groups excluding carboxylic acids is 1. The number of carbonyl (C=O) groups is 1. The standard InChI is InChI=1S/C13H18BrNO2.C2H6/c1-13(2,3)17-12(16)15-8-7-10-5-4-6-11(14)9-10;1-2/h4-6,9H,7-8H2,1-3H3,(H,15,16);1-2H3. The number of amides is 1. The minimum atomic E-state index is -0.445. The van der Waals surface area contributed by atoms with Crippen molar-refractivity contribution in [1.82, 2.24) is 5.32 Å². The molecule has 1 amide bonds. The molecule has 0 heterocycles. The number of halogens is 1. The van der Waals surface area contributed by atoms with E-state index in [1.54, 1.807) is 0 Å². The molecule has 0 saturated heterocycles. The Labute approximate surface area is 124 Å². The van der Waals surface area contributed by atoms with Gasteiger partial charge in [-0.3, -0.25) is 0 Å². The van der Waals surface area contributed by atoms with Gasteiger partial charge >= 0.3 is 6.09 Å². The number of hydrogen-bond acceptors (Lipinski definition) is 2. The maximum Gasteiger partial charge on any atom is 0.407 e. The average molecular weight is 330 g/mol. The van der Waals surface area contributed by atoms with E-state index in [1.807, 2.05) is 58.9 Å². The molecule has 0 aliphatic heterocycles. The zero-order valence-electron chi connectivity index (χ0n) is 12.4. The average Bonchev–Trinajstić information content (AvgIpc) is 2.29. The summed E-state index contributed by atoms with van der Waals surface area (Å²) in [6, 6.07) is 8.02. The smallest absolute Gasteiger partial charge is 0.407 e. The normalized spacial score (nSPS) is 10.2. The van der Waals surface area contributed by atoms with Gasteiger partial charge in [0.1, 0.15) is 5.60 Å². The van der Waals surface area contributed by atoms with Crippen molar-refractivity contribution < 1.29 is 9.53 Å². The number of alkyl carbamates (subject to hydrolysis) is 1. The summed E-state index contributed by atoms with van der Waals surface area (Å²) in [5, 5.41) is 2.73. The van der Waals surface area contributed by atoms with E-state index in [-0.39, 0.29) is 6.09 Å². The maximum absolute atomic E-state index is 11.4. The Balaban J connectivity index is 0.00000154. The first kappa shape index (κ1) is 18.0. The van der Waals surface area contributed by atoms with Gasteiger partial charge in [-0.25, -0.2) is 4.79 Å². The molecule has 0 saturated carbocycles. The van der Waals surface area contributed by atoms with Crippen molar-refractivity contribution in [2.24, 2.45) is 0 Å². The zero-order chi connectivity index (χ0) is 14.9. The fraction of sp³-hybridized carbons (Fsp3) is 0.533. The van der Waals surface area contributed by atoms with Crippen LogP contribution in [-0.2, 0) is 11.2 Å². The van der Waals surface area contributed by atoms with E-state index in [1.165, 1.54) is 5.56 Å². The molecule has 1 N–H and O–H groups in total. The summed E-state index contributed by atoms with van der Waals surface area (Å²) >= 11 is 3.41. The highest BCUT2D eigenvalue weighted by atomic mass is 79.9. The number of ether oxygens (including phenoxy) is 1. The largest absolute Gasteiger partial charge is 0.444 e. The lowest BCUT2D eigenvalue weighted by Gasteiger charge is -2.19. The predicted octanol–water partition coefficient (Wildman–Crippen LogP) is 4.54. The van der Waals surface area contributed by atoms with Gasteiger partial charge in [0.15, 0.2) is 0 Å². The van der Waals surface area contributed by atoms with Crippen molar-refractivity contribution >= 4 is 22.0 Å². The lowest BCUT2D eigenvalue weighted by molar-refractivity contribution is 0.0528. The van der Waals surface area contributed by atoms with Gasteiger partial charge in [-0.05, 0) is 44.9 Å². The van der Waals surface area contributed by atoms with Gasteiger partial charge in [0.25, 0.3) is 0 Å². The fourth-order valence-corrected chi connectivity index (χ4v) is 1.76. The molecule has 0 atom stereocenters.